The molecule has 1 heterocycles. The number of nitrogens with zero attached hydrogens (tertiary/aromatic N) is 1. The van der Waals surface area contributed by atoms with Gasteiger partial charge in [-0.2, -0.15) is 26.3 Å². The minimum Gasteiger partial charge on any atom is -0.321 e. The Kier molecular flexibility index (Phi) is 7.60. The van der Waals surface area contributed by atoms with Gasteiger partial charge in [-0.05, 0) is 47.0 Å². The van der Waals surface area contributed by atoms with Crippen LogP contribution in [0, 0.1) is 0 Å². The molecule has 3 rings (SSSR count). The fourth-order valence-electron chi connectivity index (χ4n) is 3.04. The number of benzene rings is 2. The second kappa shape index (κ2) is 10.4. The summed E-state index contributed by atoms with van der Waals surface area (Å²) in [6, 6.07) is 9.62. The van der Waals surface area contributed by atoms with Crippen LogP contribution < -0.4 is 10.8 Å². The highest BCUT2D eigenvalue weighted by atomic mass is 19.4. The van der Waals surface area contributed by atoms with Crippen LogP contribution in [-0.2, 0) is 17.1 Å². The molecule has 0 saturated heterocycles. The molecule has 0 atom stereocenters. The Morgan fingerprint density at radius 3 is 1.77 bits per heavy atom. The number of nitrogens with one attached hydrogen (secondary N) is 2. The molecule has 182 valence electrons. The highest BCUT2D eigenvalue weighted by Gasteiger charge is 2.31. The van der Waals surface area contributed by atoms with Gasteiger partial charge in [0.05, 0.1) is 23.0 Å². The molecule has 11 heteroatoms. The van der Waals surface area contributed by atoms with Crippen LogP contribution in [0.15, 0.2) is 85.2 Å². The number of carbonyl (C=O) groups excluding carboxylic acids is 1. The maximum atomic E-state index is 12.9. The van der Waals surface area contributed by atoms with Crippen molar-refractivity contribution in [3.63, 3.8) is 0 Å². The molecular formula is C24H17F6N3O2. The Balaban J connectivity index is 1.92. The molecule has 0 unspecified atom stereocenters. The van der Waals surface area contributed by atoms with Crippen LogP contribution in [-0.4, -0.2) is 16.1 Å². The van der Waals surface area contributed by atoms with E-state index < -0.39 is 29.4 Å². The van der Waals surface area contributed by atoms with E-state index in [4.69, 9.17) is 5.21 Å². The quantitative estimate of drug-likeness (QED) is 0.158. The highest BCUT2D eigenvalue weighted by molar-refractivity contribution is 6.01. The molecule has 1 amide bonds. The predicted molar refractivity (Wildman–Crippen MR) is 117 cm³/mol. The van der Waals surface area contributed by atoms with E-state index in [-0.39, 0.29) is 16.9 Å². The van der Waals surface area contributed by atoms with Crippen LogP contribution in [0.3, 0.4) is 0 Å². The first-order valence-electron chi connectivity index (χ1n) is 9.88. The van der Waals surface area contributed by atoms with E-state index in [1.807, 2.05) is 5.48 Å². The van der Waals surface area contributed by atoms with Gasteiger partial charge in [-0.15, -0.1) is 0 Å². The van der Waals surface area contributed by atoms with Gasteiger partial charge >= 0.3 is 12.4 Å². The first-order chi connectivity index (χ1) is 16.5. The topological polar surface area (TPSA) is 74.2 Å². The highest BCUT2D eigenvalue weighted by Crippen LogP contribution is 2.33. The predicted octanol–water partition coefficient (Wildman–Crippen LogP) is 6.55. The third-order valence-corrected chi connectivity index (χ3v) is 4.76. The number of aromatic nitrogens is 1. The number of halogens is 6. The van der Waals surface area contributed by atoms with Gasteiger partial charge in [0.2, 0.25) is 5.91 Å². The number of carbonyl (C=O) groups is 1. The van der Waals surface area contributed by atoms with Crippen molar-refractivity contribution in [2.45, 2.75) is 12.4 Å². The molecule has 1 aromatic heterocycles. The van der Waals surface area contributed by atoms with Crippen LogP contribution >= 0.6 is 0 Å². The van der Waals surface area contributed by atoms with Crippen LogP contribution in [0.4, 0.5) is 37.7 Å². The maximum absolute atomic E-state index is 12.9. The third-order valence-electron chi connectivity index (χ3n) is 4.76. The number of hydrogen-bond donors (Lipinski definition) is 3. The third kappa shape index (κ3) is 6.70. The maximum Gasteiger partial charge on any atom is 0.416 e. The molecule has 0 aliphatic carbocycles. The number of rotatable bonds is 6. The van der Waals surface area contributed by atoms with Crippen molar-refractivity contribution < 1.29 is 36.3 Å². The van der Waals surface area contributed by atoms with E-state index in [2.05, 4.69) is 10.3 Å². The Morgan fingerprint density at radius 2 is 1.31 bits per heavy atom. The summed E-state index contributed by atoms with van der Waals surface area (Å²) in [5.74, 6) is -0.608. The Labute approximate surface area is 195 Å². The van der Waals surface area contributed by atoms with Crippen LogP contribution in [0.1, 0.15) is 22.3 Å². The summed E-state index contributed by atoms with van der Waals surface area (Å²) in [6.07, 6.45) is -2.65. The Morgan fingerprint density at radius 1 is 0.800 bits per heavy atom. The lowest BCUT2D eigenvalue weighted by atomic mass is 9.95. The molecule has 5 nitrogen and oxygen atoms in total. The van der Waals surface area contributed by atoms with E-state index in [0.29, 0.717) is 11.1 Å². The molecule has 3 N–H and O–H groups in total. The first kappa shape index (κ1) is 25.5. The van der Waals surface area contributed by atoms with E-state index in [1.165, 1.54) is 54.9 Å². The lowest BCUT2D eigenvalue weighted by Crippen LogP contribution is -2.09. The molecule has 0 bridgehead atoms. The average molecular weight is 493 g/mol. The second-order valence-electron chi connectivity index (χ2n) is 7.11. The largest absolute Gasteiger partial charge is 0.416 e. The lowest BCUT2D eigenvalue weighted by Gasteiger charge is -2.12. The number of amides is 1. The van der Waals surface area contributed by atoms with Gasteiger partial charge < -0.3 is 5.32 Å². The van der Waals surface area contributed by atoms with E-state index >= 15 is 0 Å². The smallest absolute Gasteiger partial charge is 0.321 e. The number of alkyl halides is 6. The zero-order valence-corrected chi connectivity index (χ0v) is 17.7. The van der Waals surface area contributed by atoms with E-state index in [1.54, 1.807) is 0 Å². The number of anilines is 2. The molecule has 0 radical (unpaired) electrons. The van der Waals surface area contributed by atoms with Gasteiger partial charge in [-0.3, -0.25) is 20.5 Å². The van der Waals surface area contributed by atoms with Crippen molar-refractivity contribution in [3.8, 4) is 0 Å². The molecule has 0 fully saturated rings. The standard InChI is InChI=1S/C24H17F6N3O2/c25-23(26,27)17-8-4-15(5-9-17)19(16-6-10-18(11-7-16)24(28,29)30)2-1-3-22(34)32-20-12-13-31-14-21(20)33-35/h1-14,33,35H,(H,31,32,34). The van der Waals surface area contributed by atoms with E-state index in [9.17, 15) is 31.1 Å². The molecule has 0 saturated carbocycles. The fourth-order valence-corrected chi connectivity index (χ4v) is 3.04. The van der Waals surface area contributed by atoms with E-state index in [0.717, 1.165) is 30.3 Å². The van der Waals surface area contributed by atoms with Gasteiger partial charge in [-0.1, -0.05) is 36.4 Å². The summed E-state index contributed by atoms with van der Waals surface area (Å²) < 4.78 is 77.5. The van der Waals surface area contributed by atoms with Crippen LogP contribution in [0.2, 0.25) is 0 Å². The molecule has 2 aromatic carbocycles. The van der Waals surface area contributed by atoms with Crippen molar-refractivity contribution >= 4 is 22.9 Å². The number of pyridine rings is 1. The van der Waals surface area contributed by atoms with Gasteiger partial charge in [0.25, 0.3) is 0 Å². The van der Waals surface area contributed by atoms with Crippen LogP contribution in [0.25, 0.3) is 5.57 Å². The minimum atomic E-state index is -4.55. The molecule has 0 aliphatic heterocycles. The molecule has 3 aromatic rings. The SMILES string of the molecule is O=C(C=CC=C(c1ccc(C(F)(F)F)cc1)c1ccc(C(F)(F)F)cc1)Nc1ccncc1NO. The molecular weight excluding hydrogens is 476 g/mol. The van der Waals surface area contributed by atoms with Crippen LogP contribution in [0.5, 0.6) is 0 Å². The summed E-state index contributed by atoms with van der Waals surface area (Å²) in [4.78, 5) is 16.0. The Hall–Kier alpha value is -4.12. The Bertz CT molecular complexity index is 1170. The molecule has 35 heavy (non-hydrogen) atoms. The lowest BCUT2D eigenvalue weighted by molar-refractivity contribution is -0.138. The summed E-state index contributed by atoms with van der Waals surface area (Å²) in [5.41, 5.74) is 1.36. The van der Waals surface area contributed by atoms with Crippen molar-refractivity contribution in [2.75, 3.05) is 10.8 Å². The second-order valence-corrected chi connectivity index (χ2v) is 7.11. The van der Waals surface area contributed by atoms with Crippen molar-refractivity contribution in [3.05, 3.63) is 107 Å². The number of allylic oxidation sites excluding steroid dienone is 2. The monoisotopic (exact) mass is 493 g/mol. The van der Waals surface area contributed by atoms with Gasteiger partial charge in [0.1, 0.15) is 5.69 Å². The zero-order valence-electron chi connectivity index (χ0n) is 17.7. The summed E-state index contributed by atoms with van der Waals surface area (Å²) in [7, 11) is 0. The van der Waals surface area contributed by atoms with Crippen molar-refractivity contribution in [1.82, 2.24) is 4.98 Å². The average Bonchev–Trinajstić information content (AvgIpc) is 2.81. The summed E-state index contributed by atoms with van der Waals surface area (Å²) in [5, 5.41) is 11.6. The fraction of sp³-hybridized carbons (Fsp3) is 0.0833. The van der Waals surface area contributed by atoms with Gasteiger partial charge in [0.15, 0.2) is 0 Å². The summed E-state index contributed by atoms with van der Waals surface area (Å²) in [6.45, 7) is 0. The molecule has 0 spiro atoms. The number of hydrogen-bond acceptors (Lipinski definition) is 4. The van der Waals surface area contributed by atoms with Gasteiger partial charge in [0, 0.05) is 12.3 Å². The normalized spacial score (nSPS) is 11.9. The molecule has 0 aliphatic rings. The van der Waals surface area contributed by atoms with Crippen molar-refractivity contribution in [2.24, 2.45) is 0 Å². The minimum absolute atomic E-state index is 0.139. The van der Waals surface area contributed by atoms with Crippen molar-refractivity contribution in [1.29, 1.82) is 0 Å². The first-order valence-corrected chi connectivity index (χ1v) is 9.88. The summed E-state index contributed by atoms with van der Waals surface area (Å²) >= 11 is 0. The zero-order chi connectivity index (χ0) is 25.6. The van der Waals surface area contributed by atoms with Gasteiger partial charge in [-0.25, -0.2) is 0 Å².